The number of rotatable bonds is 9. The maximum absolute atomic E-state index is 14.4. The van der Waals surface area contributed by atoms with E-state index >= 15 is 0 Å². The zero-order valence-corrected chi connectivity index (χ0v) is 19.6. The maximum Gasteiger partial charge on any atom is 0.263 e. The average molecular weight is 465 g/mol. The molecular weight excluding hydrogens is 438 g/mol. The lowest BCUT2D eigenvalue weighted by Gasteiger charge is -2.15. The molecule has 0 fully saturated rings. The molecule has 0 aliphatic heterocycles. The van der Waals surface area contributed by atoms with E-state index in [4.69, 9.17) is 4.74 Å². The quantitative estimate of drug-likeness (QED) is 0.269. The van der Waals surface area contributed by atoms with Crippen LogP contribution in [0.5, 0.6) is 0 Å². The molecule has 0 N–H and O–H groups in total. The number of methoxy groups -OCH3 is 1. The van der Waals surface area contributed by atoms with Crippen molar-refractivity contribution < 1.29 is 13.5 Å². The summed E-state index contributed by atoms with van der Waals surface area (Å²) in [6.45, 7) is 6.81. The first-order chi connectivity index (χ1) is 16.3. The van der Waals surface area contributed by atoms with Gasteiger partial charge in [-0.05, 0) is 32.2 Å². The molecule has 0 spiro atoms. The number of aromatic nitrogens is 1. The van der Waals surface area contributed by atoms with E-state index < -0.39 is 17.2 Å². The summed E-state index contributed by atoms with van der Waals surface area (Å²) in [5, 5.41) is 9.54. The van der Waals surface area contributed by atoms with Gasteiger partial charge >= 0.3 is 0 Å². The van der Waals surface area contributed by atoms with Crippen molar-refractivity contribution >= 4 is 24.3 Å². The van der Waals surface area contributed by atoms with E-state index in [1.807, 2.05) is 19.1 Å². The van der Waals surface area contributed by atoms with Crippen LogP contribution in [0.2, 0.25) is 0 Å². The van der Waals surface area contributed by atoms with Crippen LogP contribution in [0.3, 0.4) is 0 Å². The van der Waals surface area contributed by atoms with E-state index in [1.54, 1.807) is 7.05 Å². The van der Waals surface area contributed by atoms with Crippen LogP contribution in [-0.4, -0.2) is 31.7 Å². The third kappa shape index (κ3) is 5.81. The van der Waals surface area contributed by atoms with Crippen molar-refractivity contribution in [1.29, 1.82) is 5.26 Å². The Kier molecular flexibility index (Phi) is 9.38. The fourth-order valence-corrected chi connectivity index (χ4v) is 3.31. The number of ether oxygens (including phenoxy) is 1. The van der Waals surface area contributed by atoms with Gasteiger partial charge in [0.1, 0.15) is 29.2 Å². The van der Waals surface area contributed by atoms with E-state index in [9.17, 15) is 18.8 Å². The number of nitrogens with zero attached hydrogens (tertiary/aromatic N) is 4. The van der Waals surface area contributed by atoms with E-state index in [0.717, 1.165) is 18.6 Å². The van der Waals surface area contributed by atoms with Gasteiger partial charge in [0.2, 0.25) is 0 Å². The molecule has 0 atom stereocenters. The smallest absolute Gasteiger partial charge is 0.263 e. The molecule has 0 aliphatic rings. The van der Waals surface area contributed by atoms with Crippen LogP contribution < -0.4 is 5.56 Å². The third-order valence-electron chi connectivity index (χ3n) is 4.83. The molecule has 8 heteroatoms. The van der Waals surface area contributed by atoms with Crippen molar-refractivity contribution in [3.05, 3.63) is 81.5 Å². The Balaban J connectivity index is 3.07. The van der Waals surface area contributed by atoms with Gasteiger partial charge in [0.05, 0.1) is 18.4 Å². The first kappa shape index (κ1) is 26.1. The SMILES string of the molecule is C=N/C(=C(\C=C(/C)F)OC)c1cc(-c2cccc(F)c2C#N)c(=O)n(C(/C=N\C)=C/CCC)c1. The van der Waals surface area contributed by atoms with Crippen molar-refractivity contribution in [2.24, 2.45) is 9.98 Å². The number of nitriles is 1. The molecule has 0 saturated heterocycles. The molecule has 0 aliphatic carbocycles. The lowest BCUT2D eigenvalue weighted by Crippen LogP contribution is -2.22. The maximum atomic E-state index is 14.4. The zero-order chi connectivity index (χ0) is 25.3. The number of halogens is 2. The highest BCUT2D eigenvalue weighted by atomic mass is 19.1. The number of allylic oxidation sites excluding steroid dienone is 4. The Morgan fingerprint density at radius 1 is 1.35 bits per heavy atom. The molecule has 176 valence electrons. The monoisotopic (exact) mass is 464 g/mol. The fourth-order valence-electron chi connectivity index (χ4n) is 3.31. The Labute approximate surface area is 197 Å². The normalized spacial score (nSPS) is 13.0. The van der Waals surface area contributed by atoms with Gasteiger partial charge in [-0.3, -0.25) is 19.3 Å². The van der Waals surface area contributed by atoms with Gasteiger partial charge in [0, 0.05) is 42.2 Å². The summed E-state index contributed by atoms with van der Waals surface area (Å²) in [7, 11) is 2.93. The molecule has 0 saturated carbocycles. The van der Waals surface area contributed by atoms with Crippen LogP contribution in [0.1, 0.15) is 37.8 Å². The first-order valence-electron chi connectivity index (χ1n) is 10.5. The predicted octanol–water partition coefficient (Wildman–Crippen LogP) is 5.76. The molecule has 0 amide bonds. The lowest BCUT2D eigenvalue weighted by atomic mass is 9.98. The van der Waals surface area contributed by atoms with Gasteiger partial charge in [0.15, 0.2) is 0 Å². The minimum absolute atomic E-state index is 0.0537. The van der Waals surface area contributed by atoms with Gasteiger partial charge < -0.3 is 4.74 Å². The molecular formula is C26H26F2N4O2. The summed E-state index contributed by atoms with van der Waals surface area (Å²) in [6.07, 6.45) is 7.51. The molecule has 34 heavy (non-hydrogen) atoms. The highest BCUT2D eigenvalue weighted by Crippen LogP contribution is 2.29. The highest BCUT2D eigenvalue weighted by Gasteiger charge is 2.19. The first-order valence-corrected chi connectivity index (χ1v) is 10.5. The number of benzene rings is 1. The van der Waals surface area contributed by atoms with E-state index in [1.165, 1.54) is 49.2 Å². The molecule has 2 rings (SSSR count). The second-order valence-electron chi connectivity index (χ2n) is 7.20. The molecule has 0 unspecified atom stereocenters. The van der Waals surface area contributed by atoms with Crippen molar-refractivity contribution in [3.8, 4) is 17.2 Å². The van der Waals surface area contributed by atoms with E-state index in [2.05, 4.69) is 16.7 Å². The second kappa shape index (κ2) is 12.2. The zero-order valence-electron chi connectivity index (χ0n) is 19.6. The molecule has 2 aromatic rings. The van der Waals surface area contributed by atoms with Crippen LogP contribution in [0.15, 0.2) is 69.0 Å². The van der Waals surface area contributed by atoms with Crippen molar-refractivity contribution in [2.75, 3.05) is 14.2 Å². The number of unbranched alkanes of at least 4 members (excludes halogenated alkanes) is 1. The molecule has 1 aromatic carbocycles. The molecule has 1 heterocycles. The summed E-state index contributed by atoms with van der Waals surface area (Å²) in [4.78, 5) is 21.6. The standard InChI is InChI=1S/C26H26F2N4O2/c1-6-7-9-19(15-30-3)32-16-18(25(31-4)24(34-5)12-17(2)27)13-21(26(32)33)20-10-8-11-23(28)22(20)14-29/h8-13,15-16H,4,6-7H2,1-3,5H3/b17-12+,19-9+,25-24+,30-15-. The van der Waals surface area contributed by atoms with Crippen LogP contribution in [-0.2, 0) is 4.74 Å². The molecule has 0 radical (unpaired) electrons. The number of pyridine rings is 1. The van der Waals surface area contributed by atoms with Gasteiger partial charge in [-0.1, -0.05) is 31.6 Å². The van der Waals surface area contributed by atoms with Gasteiger partial charge in [-0.25, -0.2) is 8.78 Å². The van der Waals surface area contributed by atoms with Gasteiger partial charge in [-0.15, -0.1) is 0 Å². The summed E-state index contributed by atoms with van der Waals surface area (Å²) < 4.78 is 34.7. The summed E-state index contributed by atoms with van der Waals surface area (Å²) in [6, 6.07) is 7.34. The van der Waals surface area contributed by atoms with E-state index in [0.29, 0.717) is 17.7 Å². The Bertz CT molecular complexity index is 1290. The molecule has 6 nitrogen and oxygen atoms in total. The average Bonchev–Trinajstić information content (AvgIpc) is 2.82. The number of hydrogen-bond donors (Lipinski definition) is 0. The lowest BCUT2D eigenvalue weighted by molar-refractivity contribution is 0.306. The predicted molar refractivity (Wildman–Crippen MR) is 133 cm³/mol. The Morgan fingerprint density at radius 3 is 2.65 bits per heavy atom. The topological polar surface area (TPSA) is 79.7 Å². The van der Waals surface area contributed by atoms with Crippen LogP contribution in [0.4, 0.5) is 8.78 Å². The third-order valence-corrected chi connectivity index (χ3v) is 4.83. The van der Waals surface area contributed by atoms with Crippen molar-refractivity contribution in [1.82, 2.24) is 4.57 Å². The number of aliphatic imine (C=N–C) groups is 2. The summed E-state index contributed by atoms with van der Waals surface area (Å²) >= 11 is 0. The van der Waals surface area contributed by atoms with Crippen LogP contribution >= 0.6 is 0 Å². The minimum Gasteiger partial charge on any atom is -0.494 e. The fraction of sp³-hybridized carbons (Fsp3) is 0.231. The second-order valence-corrected chi connectivity index (χ2v) is 7.20. The van der Waals surface area contributed by atoms with Crippen LogP contribution in [0, 0.1) is 17.1 Å². The van der Waals surface area contributed by atoms with Crippen molar-refractivity contribution in [3.63, 3.8) is 0 Å². The Hall–Kier alpha value is -4.12. The molecule has 0 bridgehead atoms. The van der Waals surface area contributed by atoms with Gasteiger partial charge in [0.25, 0.3) is 5.56 Å². The van der Waals surface area contributed by atoms with E-state index in [-0.39, 0.29) is 28.1 Å². The Morgan fingerprint density at radius 2 is 2.09 bits per heavy atom. The number of hydrogen-bond acceptors (Lipinski definition) is 5. The summed E-state index contributed by atoms with van der Waals surface area (Å²) in [5.41, 5.74) is 0.394. The largest absolute Gasteiger partial charge is 0.494 e. The highest BCUT2D eigenvalue weighted by molar-refractivity contribution is 6.02. The van der Waals surface area contributed by atoms with Gasteiger partial charge in [-0.2, -0.15) is 5.26 Å². The molecule has 1 aromatic heterocycles. The minimum atomic E-state index is -0.751. The summed E-state index contributed by atoms with van der Waals surface area (Å²) in [5.74, 6) is -1.20. The van der Waals surface area contributed by atoms with Crippen LogP contribution in [0.25, 0.3) is 22.5 Å². The van der Waals surface area contributed by atoms with Crippen molar-refractivity contribution in [2.45, 2.75) is 26.7 Å².